The van der Waals surface area contributed by atoms with E-state index < -0.39 is 0 Å². The maximum atomic E-state index is 12.4. The first kappa shape index (κ1) is 17.2. The predicted molar refractivity (Wildman–Crippen MR) is 90.7 cm³/mol. The summed E-state index contributed by atoms with van der Waals surface area (Å²) in [7, 11) is 0. The topological polar surface area (TPSA) is 67.2 Å². The van der Waals surface area contributed by atoms with E-state index in [1.165, 1.54) is 0 Å². The number of nitrogens with zero attached hydrogens (tertiary/aromatic N) is 2. The second kappa shape index (κ2) is 6.96. The van der Waals surface area contributed by atoms with Gasteiger partial charge < -0.3 is 10.4 Å². The molecule has 5 heteroatoms. The Labute approximate surface area is 137 Å². The Balaban J connectivity index is 2.07. The first-order valence-electron chi connectivity index (χ1n) is 7.86. The van der Waals surface area contributed by atoms with E-state index in [9.17, 15) is 9.90 Å². The lowest BCUT2D eigenvalue weighted by Crippen LogP contribution is -2.35. The van der Waals surface area contributed by atoms with Crippen LogP contribution in [0.5, 0.6) is 0 Å². The first-order chi connectivity index (χ1) is 10.8. The van der Waals surface area contributed by atoms with Gasteiger partial charge in [0.15, 0.2) is 0 Å². The van der Waals surface area contributed by atoms with Crippen LogP contribution in [0.15, 0.2) is 36.5 Å². The van der Waals surface area contributed by atoms with Gasteiger partial charge in [0.2, 0.25) is 0 Å². The third kappa shape index (κ3) is 4.66. The van der Waals surface area contributed by atoms with Gasteiger partial charge in [-0.2, -0.15) is 5.10 Å². The van der Waals surface area contributed by atoms with E-state index in [-0.39, 0.29) is 17.4 Å². The molecular weight excluding hydrogens is 290 g/mol. The molecule has 5 nitrogen and oxygen atoms in total. The summed E-state index contributed by atoms with van der Waals surface area (Å²) < 4.78 is 1.71. The quantitative estimate of drug-likeness (QED) is 0.861. The highest BCUT2D eigenvalue weighted by molar-refractivity contribution is 5.95. The molecule has 2 aromatic rings. The van der Waals surface area contributed by atoms with Crippen LogP contribution >= 0.6 is 0 Å². The average Bonchev–Trinajstić information content (AvgIpc) is 2.87. The fraction of sp³-hybridized carbons (Fsp3) is 0.444. The summed E-state index contributed by atoms with van der Waals surface area (Å²) in [5.41, 5.74) is 2.03. The van der Waals surface area contributed by atoms with Crippen molar-refractivity contribution in [2.75, 3.05) is 6.54 Å². The molecule has 0 fully saturated rings. The zero-order valence-electron chi connectivity index (χ0n) is 14.2. The number of para-hydroxylation sites is 1. The van der Waals surface area contributed by atoms with Gasteiger partial charge in [-0.3, -0.25) is 4.79 Å². The van der Waals surface area contributed by atoms with Gasteiger partial charge in [0.05, 0.1) is 23.0 Å². The van der Waals surface area contributed by atoms with Crippen LogP contribution in [0.2, 0.25) is 0 Å². The van der Waals surface area contributed by atoms with E-state index in [4.69, 9.17) is 0 Å². The second-order valence-corrected chi connectivity index (χ2v) is 6.81. The number of aromatic nitrogens is 2. The van der Waals surface area contributed by atoms with E-state index >= 15 is 0 Å². The first-order valence-corrected chi connectivity index (χ1v) is 7.86. The fourth-order valence-corrected chi connectivity index (χ4v) is 2.68. The summed E-state index contributed by atoms with van der Waals surface area (Å²) in [6, 6.07) is 9.70. The molecule has 1 heterocycles. The Morgan fingerprint density at radius 2 is 2.00 bits per heavy atom. The lowest BCUT2D eigenvalue weighted by Gasteiger charge is -2.26. The largest absolute Gasteiger partial charge is 0.393 e. The third-order valence-corrected chi connectivity index (χ3v) is 3.74. The molecule has 124 valence electrons. The monoisotopic (exact) mass is 315 g/mol. The molecule has 1 amide bonds. The molecule has 0 aliphatic heterocycles. The average molecular weight is 315 g/mol. The number of hydrogen-bond acceptors (Lipinski definition) is 3. The Bertz CT molecular complexity index is 660. The van der Waals surface area contributed by atoms with Crippen LogP contribution in [0.1, 0.15) is 43.2 Å². The van der Waals surface area contributed by atoms with Crippen LogP contribution in [0.4, 0.5) is 0 Å². The Morgan fingerprint density at radius 3 is 2.61 bits per heavy atom. The number of aliphatic hydroxyl groups is 1. The van der Waals surface area contributed by atoms with Gasteiger partial charge in [-0.25, -0.2) is 4.68 Å². The standard InChI is InChI=1S/C18H25N3O2/c1-13(22)10-18(3,4)12-19-17(23)16-11-21(20-14(16)2)15-8-6-5-7-9-15/h5-9,11,13,22H,10,12H2,1-4H3,(H,19,23). The Kier molecular flexibility index (Phi) is 5.21. The van der Waals surface area contributed by atoms with E-state index in [1.54, 1.807) is 17.8 Å². The maximum Gasteiger partial charge on any atom is 0.254 e. The van der Waals surface area contributed by atoms with Crippen molar-refractivity contribution in [1.82, 2.24) is 15.1 Å². The molecule has 0 bridgehead atoms. The van der Waals surface area contributed by atoms with E-state index in [0.29, 0.717) is 24.2 Å². The van der Waals surface area contributed by atoms with E-state index in [0.717, 1.165) is 5.69 Å². The minimum absolute atomic E-state index is 0.136. The number of aryl methyl sites for hydroxylation is 1. The SMILES string of the molecule is Cc1nn(-c2ccccc2)cc1C(=O)NCC(C)(C)CC(C)O. The number of carbonyl (C=O) groups excluding carboxylic acids is 1. The Morgan fingerprint density at radius 1 is 1.35 bits per heavy atom. The normalized spacial score (nSPS) is 12.9. The van der Waals surface area contributed by atoms with E-state index in [1.807, 2.05) is 51.1 Å². The van der Waals surface area contributed by atoms with Crippen LogP contribution in [0.25, 0.3) is 5.69 Å². The zero-order chi connectivity index (χ0) is 17.0. The summed E-state index contributed by atoms with van der Waals surface area (Å²) in [5.74, 6) is -0.136. The zero-order valence-corrected chi connectivity index (χ0v) is 14.2. The number of amides is 1. The lowest BCUT2D eigenvalue weighted by molar-refractivity contribution is 0.0901. The minimum Gasteiger partial charge on any atom is -0.393 e. The van der Waals surface area contributed by atoms with Gasteiger partial charge >= 0.3 is 0 Å². The highest BCUT2D eigenvalue weighted by Gasteiger charge is 2.22. The molecule has 0 spiro atoms. The van der Waals surface area contributed by atoms with Crippen molar-refractivity contribution in [3.8, 4) is 5.69 Å². The molecule has 0 saturated heterocycles. The molecule has 2 rings (SSSR count). The molecule has 0 aliphatic carbocycles. The summed E-state index contributed by atoms with van der Waals surface area (Å²) in [6.07, 6.45) is 2.00. The van der Waals surface area contributed by atoms with Crippen molar-refractivity contribution in [2.45, 2.75) is 40.2 Å². The van der Waals surface area contributed by atoms with Crippen molar-refractivity contribution in [1.29, 1.82) is 0 Å². The lowest BCUT2D eigenvalue weighted by atomic mass is 9.87. The van der Waals surface area contributed by atoms with Gasteiger partial charge in [-0.1, -0.05) is 32.0 Å². The van der Waals surface area contributed by atoms with Gasteiger partial charge in [-0.05, 0) is 37.8 Å². The fourth-order valence-electron chi connectivity index (χ4n) is 2.68. The van der Waals surface area contributed by atoms with Crippen molar-refractivity contribution < 1.29 is 9.90 Å². The van der Waals surface area contributed by atoms with Crippen LogP contribution < -0.4 is 5.32 Å². The highest BCUT2D eigenvalue weighted by atomic mass is 16.3. The highest BCUT2D eigenvalue weighted by Crippen LogP contribution is 2.21. The predicted octanol–water partition coefficient (Wildman–Crippen LogP) is 2.71. The molecule has 2 N–H and O–H groups in total. The number of rotatable bonds is 6. The molecule has 0 radical (unpaired) electrons. The molecule has 0 aliphatic rings. The van der Waals surface area contributed by atoms with Crippen LogP contribution in [-0.4, -0.2) is 33.4 Å². The van der Waals surface area contributed by atoms with Gasteiger partial charge in [0, 0.05) is 12.7 Å². The third-order valence-electron chi connectivity index (χ3n) is 3.74. The van der Waals surface area contributed by atoms with Crippen LogP contribution in [0.3, 0.4) is 0 Å². The number of aliphatic hydroxyl groups excluding tert-OH is 1. The maximum absolute atomic E-state index is 12.4. The van der Waals surface area contributed by atoms with Crippen molar-refractivity contribution in [3.05, 3.63) is 47.8 Å². The number of benzene rings is 1. The second-order valence-electron chi connectivity index (χ2n) is 6.81. The van der Waals surface area contributed by atoms with E-state index in [2.05, 4.69) is 10.4 Å². The van der Waals surface area contributed by atoms with Crippen LogP contribution in [-0.2, 0) is 0 Å². The summed E-state index contributed by atoms with van der Waals surface area (Å²) in [6.45, 7) is 8.15. The van der Waals surface area contributed by atoms with Crippen molar-refractivity contribution in [3.63, 3.8) is 0 Å². The molecule has 1 unspecified atom stereocenters. The Hall–Kier alpha value is -2.14. The summed E-state index contributed by atoms with van der Waals surface area (Å²) in [5, 5.41) is 16.9. The van der Waals surface area contributed by atoms with Crippen molar-refractivity contribution in [2.24, 2.45) is 5.41 Å². The van der Waals surface area contributed by atoms with Gasteiger partial charge in [0.25, 0.3) is 5.91 Å². The van der Waals surface area contributed by atoms with Gasteiger partial charge in [0.1, 0.15) is 0 Å². The number of nitrogens with one attached hydrogen (secondary N) is 1. The smallest absolute Gasteiger partial charge is 0.254 e. The van der Waals surface area contributed by atoms with Gasteiger partial charge in [-0.15, -0.1) is 0 Å². The summed E-state index contributed by atoms with van der Waals surface area (Å²) in [4.78, 5) is 12.4. The molecule has 1 aromatic heterocycles. The number of carbonyl (C=O) groups is 1. The molecule has 1 atom stereocenters. The van der Waals surface area contributed by atoms with Crippen molar-refractivity contribution >= 4 is 5.91 Å². The molecule has 0 saturated carbocycles. The minimum atomic E-state index is -0.385. The summed E-state index contributed by atoms with van der Waals surface area (Å²) >= 11 is 0. The molecule has 1 aromatic carbocycles. The molecular formula is C18H25N3O2. The molecule has 23 heavy (non-hydrogen) atoms. The van der Waals surface area contributed by atoms with Crippen LogP contribution in [0, 0.1) is 12.3 Å². The number of hydrogen-bond donors (Lipinski definition) is 2.